The first kappa shape index (κ1) is 31.2. The number of halogens is 3. The van der Waals surface area contributed by atoms with Crippen molar-refractivity contribution in [2.75, 3.05) is 50.5 Å². The van der Waals surface area contributed by atoms with Gasteiger partial charge in [0.1, 0.15) is 24.0 Å². The van der Waals surface area contributed by atoms with E-state index in [1.807, 2.05) is 6.08 Å². The molecule has 0 radical (unpaired) electrons. The number of fused-ring (bicyclic) bond motifs is 2. The van der Waals surface area contributed by atoms with Crippen molar-refractivity contribution in [3.63, 3.8) is 0 Å². The first-order valence-electron chi connectivity index (χ1n) is 14.1. The smallest absolute Gasteiger partial charge is 0.416 e. The zero-order valence-electron chi connectivity index (χ0n) is 23.7. The second kappa shape index (κ2) is 14.4. The highest BCUT2D eigenvalue weighted by atomic mass is 19.4. The van der Waals surface area contributed by atoms with E-state index in [2.05, 4.69) is 38.1 Å². The van der Waals surface area contributed by atoms with Gasteiger partial charge < -0.3 is 25.4 Å². The Kier molecular flexibility index (Phi) is 10.7. The summed E-state index contributed by atoms with van der Waals surface area (Å²) in [5.41, 5.74) is 2.57. The van der Waals surface area contributed by atoms with Gasteiger partial charge in [0.05, 0.1) is 23.4 Å². The molecule has 0 bridgehead atoms. The lowest BCUT2D eigenvalue weighted by Crippen LogP contribution is -2.37. The number of carbonyl (C=O) groups is 1. The Bertz CT molecular complexity index is 1380. The molecule has 42 heavy (non-hydrogen) atoms. The number of ether oxygens (including phenoxy) is 1. The summed E-state index contributed by atoms with van der Waals surface area (Å²) in [5.74, 6) is 0.0621. The SMILES string of the molecule is C=Cc1cc2c(nc1CCCCN(CCOC)CC[C@H](Nc1ncnc3cc(C(F)(F)F)ccc13)C(=O)O)NCCC2. The third-order valence-electron chi connectivity index (χ3n) is 7.41. The molecule has 1 aromatic carbocycles. The van der Waals surface area contributed by atoms with E-state index in [1.54, 1.807) is 7.11 Å². The first-order chi connectivity index (χ1) is 20.2. The molecule has 0 saturated heterocycles. The van der Waals surface area contributed by atoms with E-state index in [9.17, 15) is 23.1 Å². The minimum Gasteiger partial charge on any atom is -0.480 e. The van der Waals surface area contributed by atoms with Crippen LogP contribution in [0.2, 0.25) is 0 Å². The number of nitrogens with one attached hydrogen (secondary N) is 2. The number of benzene rings is 1. The fraction of sp³-hybridized carbons (Fsp3) is 0.467. The van der Waals surface area contributed by atoms with Crippen molar-refractivity contribution >= 4 is 34.6 Å². The summed E-state index contributed by atoms with van der Waals surface area (Å²) in [6.45, 7) is 7.25. The average molecular weight is 587 g/mol. The van der Waals surface area contributed by atoms with Crippen LogP contribution < -0.4 is 10.6 Å². The molecule has 0 saturated carbocycles. The van der Waals surface area contributed by atoms with Crippen LogP contribution >= 0.6 is 0 Å². The van der Waals surface area contributed by atoms with Gasteiger partial charge in [-0.25, -0.2) is 19.7 Å². The second-order valence-corrected chi connectivity index (χ2v) is 10.3. The van der Waals surface area contributed by atoms with Crippen LogP contribution in [0.1, 0.15) is 48.1 Å². The normalized spacial score (nSPS) is 13.9. The molecule has 0 fully saturated rings. The third-order valence-corrected chi connectivity index (χ3v) is 7.41. The number of unbranched alkanes of at least 4 members (excludes halogenated alkanes) is 1. The van der Waals surface area contributed by atoms with Crippen molar-refractivity contribution in [2.24, 2.45) is 0 Å². The number of hydrogen-bond acceptors (Lipinski definition) is 8. The Morgan fingerprint density at radius 1 is 1.24 bits per heavy atom. The quantitative estimate of drug-likeness (QED) is 0.205. The summed E-state index contributed by atoms with van der Waals surface area (Å²) in [5, 5.41) is 16.5. The summed E-state index contributed by atoms with van der Waals surface area (Å²) < 4.78 is 44.7. The minimum atomic E-state index is -4.51. The Morgan fingerprint density at radius 2 is 2.07 bits per heavy atom. The highest BCUT2D eigenvalue weighted by molar-refractivity contribution is 5.91. The van der Waals surface area contributed by atoms with Crippen LogP contribution in [0.5, 0.6) is 0 Å². The van der Waals surface area contributed by atoms with E-state index in [-0.39, 0.29) is 17.8 Å². The van der Waals surface area contributed by atoms with Crippen molar-refractivity contribution < 1.29 is 27.8 Å². The lowest BCUT2D eigenvalue weighted by atomic mass is 10.0. The third kappa shape index (κ3) is 8.16. The molecule has 2 aromatic heterocycles. The van der Waals surface area contributed by atoms with Crippen LogP contribution in [0.4, 0.5) is 24.8 Å². The number of anilines is 2. The Labute approximate surface area is 243 Å². The number of carboxylic acid groups (broad SMARTS) is 1. The van der Waals surface area contributed by atoms with Gasteiger partial charge in [0.15, 0.2) is 0 Å². The molecule has 0 aliphatic carbocycles. The summed E-state index contributed by atoms with van der Waals surface area (Å²) >= 11 is 0. The number of hydrogen-bond donors (Lipinski definition) is 3. The molecule has 226 valence electrons. The number of pyridine rings is 1. The topological polar surface area (TPSA) is 113 Å². The fourth-order valence-corrected chi connectivity index (χ4v) is 5.08. The predicted molar refractivity (Wildman–Crippen MR) is 157 cm³/mol. The van der Waals surface area contributed by atoms with Gasteiger partial charge in [0.25, 0.3) is 0 Å². The van der Waals surface area contributed by atoms with E-state index in [0.29, 0.717) is 25.1 Å². The Morgan fingerprint density at radius 3 is 2.81 bits per heavy atom. The van der Waals surface area contributed by atoms with E-state index in [0.717, 1.165) is 80.7 Å². The maximum atomic E-state index is 13.1. The van der Waals surface area contributed by atoms with Gasteiger partial charge in [0, 0.05) is 32.1 Å². The minimum absolute atomic E-state index is 0.0806. The second-order valence-electron chi connectivity index (χ2n) is 10.3. The van der Waals surface area contributed by atoms with Crippen molar-refractivity contribution in [3.8, 4) is 0 Å². The number of carboxylic acids is 1. The lowest BCUT2D eigenvalue weighted by molar-refractivity contribution is -0.138. The molecule has 3 aromatic rings. The van der Waals surface area contributed by atoms with Crippen molar-refractivity contribution in [1.29, 1.82) is 0 Å². The first-order valence-corrected chi connectivity index (χ1v) is 14.1. The van der Waals surface area contributed by atoms with Crippen molar-refractivity contribution in [2.45, 2.75) is 50.7 Å². The average Bonchev–Trinajstić information content (AvgIpc) is 2.98. The van der Waals surface area contributed by atoms with Gasteiger partial charge in [0.2, 0.25) is 0 Å². The molecule has 0 spiro atoms. The largest absolute Gasteiger partial charge is 0.480 e. The summed E-state index contributed by atoms with van der Waals surface area (Å²) in [6.07, 6.45) is 3.44. The molecular formula is C30H37F3N6O3. The van der Waals surface area contributed by atoms with E-state index < -0.39 is 23.8 Å². The zero-order chi connectivity index (χ0) is 30.1. The molecule has 1 atom stereocenters. The number of nitrogens with zero attached hydrogens (tertiary/aromatic N) is 4. The van der Waals surface area contributed by atoms with Gasteiger partial charge in [-0.05, 0) is 80.5 Å². The van der Waals surface area contributed by atoms with E-state index in [4.69, 9.17) is 9.72 Å². The van der Waals surface area contributed by atoms with Gasteiger partial charge in [-0.3, -0.25) is 0 Å². The van der Waals surface area contributed by atoms with Crippen molar-refractivity contribution in [3.05, 3.63) is 59.6 Å². The van der Waals surface area contributed by atoms with Gasteiger partial charge in [-0.15, -0.1) is 0 Å². The van der Waals surface area contributed by atoms with Crippen LogP contribution in [0, 0.1) is 0 Å². The van der Waals surface area contributed by atoms with Crippen LogP contribution in [-0.4, -0.2) is 76.9 Å². The number of rotatable bonds is 15. The molecular weight excluding hydrogens is 549 g/mol. The van der Waals surface area contributed by atoms with Gasteiger partial charge in [-0.1, -0.05) is 12.7 Å². The maximum absolute atomic E-state index is 13.1. The summed E-state index contributed by atoms with van der Waals surface area (Å²) in [4.78, 5) is 27.2. The number of aryl methyl sites for hydroxylation is 2. The predicted octanol–water partition coefficient (Wildman–Crippen LogP) is 5.27. The Balaban J connectivity index is 1.36. The molecule has 9 nitrogen and oxygen atoms in total. The number of aliphatic carboxylic acids is 1. The highest BCUT2D eigenvalue weighted by Crippen LogP contribution is 2.32. The maximum Gasteiger partial charge on any atom is 0.416 e. The van der Waals surface area contributed by atoms with Crippen LogP contribution in [0.3, 0.4) is 0 Å². The lowest BCUT2D eigenvalue weighted by Gasteiger charge is -2.24. The molecule has 3 heterocycles. The van der Waals surface area contributed by atoms with Crippen LogP contribution in [-0.2, 0) is 28.5 Å². The number of alkyl halides is 3. The molecule has 1 aliphatic heterocycles. The standard InChI is InChI=1S/C30H37F3N6O3/c1-3-20-17-21-7-6-12-34-27(21)37-24(20)8-4-5-13-39(15-16-42-2)14-11-25(29(40)41)38-28-23-10-9-22(30(31,32)33)18-26(23)35-19-36-28/h3,9-10,17-19,25H,1,4-8,11-16H2,2H3,(H,34,37)(H,40,41)(H,35,36,38)/t25-/m0/s1. The molecule has 0 unspecified atom stereocenters. The molecule has 0 amide bonds. The molecule has 3 N–H and O–H groups in total. The number of aromatic nitrogens is 3. The van der Waals surface area contributed by atoms with E-state index in [1.165, 1.54) is 11.6 Å². The summed E-state index contributed by atoms with van der Waals surface area (Å²) in [6, 6.07) is 4.30. The number of methoxy groups -OCH3 is 1. The molecule has 12 heteroatoms. The van der Waals surface area contributed by atoms with Gasteiger partial charge in [-0.2, -0.15) is 13.2 Å². The van der Waals surface area contributed by atoms with Crippen molar-refractivity contribution in [1.82, 2.24) is 19.9 Å². The van der Waals surface area contributed by atoms with Crippen LogP contribution in [0.25, 0.3) is 17.0 Å². The van der Waals surface area contributed by atoms with E-state index >= 15 is 0 Å². The summed E-state index contributed by atoms with van der Waals surface area (Å²) in [7, 11) is 1.62. The zero-order valence-corrected chi connectivity index (χ0v) is 23.7. The van der Waals surface area contributed by atoms with Crippen LogP contribution in [0.15, 0.2) is 37.2 Å². The van der Waals surface area contributed by atoms with Gasteiger partial charge >= 0.3 is 12.1 Å². The monoisotopic (exact) mass is 586 g/mol. The fourth-order valence-electron chi connectivity index (χ4n) is 5.08. The molecule has 4 rings (SSSR count). The Hall–Kier alpha value is -3.77. The highest BCUT2D eigenvalue weighted by Gasteiger charge is 2.31. The molecule has 1 aliphatic rings.